The number of nitrogen functional groups attached to an aromatic ring is 1. The maximum absolute atomic E-state index is 5.87. The van der Waals surface area contributed by atoms with Crippen molar-refractivity contribution < 1.29 is 4.74 Å². The molecule has 1 aromatic heterocycles. The van der Waals surface area contributed by atoms with Crippen LogP contribution in [0, 0.1) is 0 Å². The van der Waals surface area contributed by atoms with Crippen LogP contribution in [0.2, 0.25) is 0 Å². The molecular weight excluding hydrogens is 282 g/mol. The first-order valence-electron chi connectivity index (χ1n) is 7.01. The second-order valence-corrected chi connectivity index (χ2v) is 5.84. The summed E-state index contributed by atoms with van der Waals surface area (Å²) < 4.78 is 5.39. The predicted molar refractivity (Wildman–Crippen MR) is 88.9 cm³/mol. The van der Waals surface area contributed by atoms with Crippen molar-refractivity contribution in [2.24, 2.45) is 0 Å². The van der Waals surface area contributed by atoms with Gasteiger partial charge in [0.1, 0.15) is 5.82 Å². The van der Waals surface area contributed by atoms with Gasteiger partial charge in [-0.15, -0.1) is 11.8 Å². The van der Waals surface area contributed by atoms with E-state index in [0.29, 0.717) is 5.82 Å². The molecule has 2 heterocycles. The summed E-state index contributed by atoms with van der Waals surface area (Å²) in [6.45, 7) is 3.50. The van der Waals surface area contributed by atoms with Crippen molar-refractivity contribution in [2.75, 3.05) is 43.2 Å². The Bertz CT molecular complexity index is 609. The van der Waals surface area contributed by atoms with E-state index in [-0.39, 0.29) is 0 Å². The molecule has 2 aromatic rings. The van der Waals surface area contributed by atoms with Gasteiger partial charge >= 0.3 is 0 Å². The normalized spacial score (nSPS) is 15.2. The lowest BCUT2D eigenvalue weighted by atomic mass is 10.1. The van der Waals surface area contributed by atoms with Crippen LogP contribution in [0.1, 0.15) is 0 Å². The maximum atomic E-state index is 5.87. The van der Waals surface area contributed by atoms with E-state index in [9.17, 15) is 0 Å². The third-order valence-electron chi connectivity index (χ3n) is 3.59. The van der Waals surface area contributed by atoms with Crippen LogP contribution in [0.5, 0.6) is 0 Å². The molecule has 1 aliphatic rings. The van der Waals surface area contributed by atoms with Gasteiger partial charge in [-0.1, -0.05) is 12.1 Å². The summed E-state index contributed by atoms with van der Waals surface area (Å²) >= 11 is 1.68. The van der Waals surface area contributed by atoms with Gasteiger partial charge < -0.3 is 15.4 Å². The summed E-state index contributed by atoms with van der Waals surface area (Å²) in [5.41, 5.74) is 9.12. The van der Waals surface area contributed by atoms with Crippen LogP contribution >= 0.6 is 11.8 Å². The average Bonchev–Trinajstić information content (AvgIpc) is 2.55. The number of rotatable bonds is 3. The van der Waals surface area contributed by atoms with E-state index in [4.69, 9.17) is 10.5 Å². The van der Waals surface area contributed by atoms with Crippen molar-refractivity contribution in [3.63, 3.8) is 0 Å². The summed E-state index contributed by atoms with van der Waals surface area (Å²) in [6, 6.07) is 12.5. The van der Waals surface area contributed by atoms with Gasteiger partial charge in [-0.3, -0.25) is 0 Å². The van der Waals surface area contributed by atoms with E-state index in [1.165, 1.54) is 5.69 Å². The number of hydrogen-bond donors (Lipinski definition) is 1. The predicted octanol–water partition coefficient (Wildman–Crippen LogP) is 2.89. The first kappa shape index (κ1) is 14.2. The molecule has 0 bridgehead atoms. The molecule has 1 aliphatic heterocycles. The van der Waals surface area contributed by atoms with Crippen LogP contribution in [0.3, 0.4) is 0 Å². The lowest BCUT2D eigenvalue weighted by Crippen LogP contribution is -2.36. The van der Waals surface area contributed by atoms with Gasteiger partial charge in [-0.25, -0.2) is 4.98 Å². The van der Waals surface area contributed by atoms with Crippen molar-refractivity contribution in [2.45, 2.75) is 4.90 Å². The number of ether oxygens (including phenoxy) is 1. The minimum absolute atomic E-state index is 0.564. The standard InChI is InChI=1S/C16H19N3OS/c1-21-14-10-15(18-16(17)11-14)12-2-4-13(5-3-12)19-6-8-20-9-7-19/h2-5,10-11H,6-9H2,1H3,(H2,17,18). The Morgan fingerprint density at radius 3 is 2.52 bits per heavy atom. The minimum Gasteiger partial charge on any atom is -0.384 e. The number of pyridine rings is 1. The van der Waals surface area contributed by atoms with Crippen LogP contribution in [-0.2, 0) is 4.74 Å². The molecule has 1 saturated heterocycles. The first-order valence-corrected chi connectivity index (χ1v) is 8.23. The summed E-state index contributed by atoms with van der Waals surface area (Å²) in [7, 11) is 0. The zero-order valence-electron chi connectivity index (χ0n) is 12.1. The quantitative estimate of drug-likeness (QED) is 0.883. The molecule has 1 aromatic carbocycles. The van der Waals surface area contributed by atoms with Crippen molar-refractivity contribution in [1.29, 1.82) is 0 Å². The van der Waals surface area contributed by atoms with Crippen LogP contribution in [-0.4, -0.2) is 37.5 Å². The van der Waals surface area contributed by atoms with Gasteiger partial charge in [0.25, 0.3) is 0 Å². The summed E-state index contributed by atoms with van der Waals surface area (Å²) in [6.07, 6.45) is 2.04. The number of hydrogen-bond acceptors (Lipinski definition) is 5. The summed E-state index contributed by atoms with van der Waals surface area (Å²) in [5.74, 6) is 0.564. The molecule has 0 aliphatic carbocycles. The SMILES string of the molecule is CSc1cc(N)nc(-c2ccc(N3CCOCC3)cc2)c1. The lowest BCUT2D eigenvalue weighted by Gasteiger charge is -2.28. The topological polar surface area (TPSA) is 51.4 Å². The highest BCUT2D eigenvalue weighted by Crippen LogP contribution is 2.26. The molecule has 0 radical (unpaired) electrons. The Hall–Kier alpha value is -1.72. The number of nitrogens with zero attached hydrogens (tertiary/aromatic N) is 2. The molecule has 0 spiro atoms. The van der Waals surface area contributed by atoms with Crippen LogP contribution in [0.25, 0.3) is 11.3 Å². The molecule has 21 heavy (non-hydrogen) atoms. The van der Waals surface area contributed by atoms with E-state index in [1.807, 2.05) is 12.3 Å². The van der Waals surface area contributed by atoms with Crippen LogP contribution < -0.4 is 10.6 Å². The third-order valence-corrected chi connectivity index (χ3v) is 4.30. The first-order chi connectivity index (χ1) is 10.3. The molecule has 0 unspecified atom stereocenters. The van der Waals surface area contributed by atoms with Gasteiger partial charge in [-0.2, -0.15) is 0 Å². The van der Waals surface area contributed by atoms with Gasteiger partial charge in [0.15, 0.2) is 0 Å². The van der Waals surface area contributed by atoms with Crippen molar-refractivity contribution in [3.8, 4) is 11.3 Å². The molecule has 5 heteroatoms. The van der Waals surface area contributed by atoms with E-state index >= 15 is 0 Å². The largest absolute Gasteiger partial charge is 0.384 e. The van der Waals surface area contributed by atoms with E-state index in [1.54, 1.807) is 11.8 Å². The Morgan fingerprint density at radius 1 is 1.14 bits per heavy atom. The van der Waals surface area contributed by atoms with E-state index < -0.39 is 0 Å². The van der Waals surface area contributed by atoms with Gasteiger partial charge in [-0.05, 0) is 30.5 Å². The van der Waals surface area contributed by atoms with Gasteiger partial charge in [0.2, 0.25) is 0 Å². The van der Waals surface area contributed by atoms with Crippen LogP contribution in [0.4, 0.5) is 11.5 Å². The zero-order valence-corrected chi connectivity index (χ0v) is 12.9. The summed E-state index contributed by atoms with van der Waals surface area (Å²) in [4.78, 5) is 7.90. The molecule has 4 nitrogen and oxygen atoms in total. The Morgan fingerprint density at radius 2 is 1.86 bits per heavy atom. The molecule has 2 N–H and O–H groups in total. The Kier molecular flexibility index (Phi) is 4.31. The highest BCUT2D eigenvalue weighted by Gasteiger charge is 2.11. The molecular formula is C16H19N3OS. The fraction of sp³-hybridized carbons (Fsp3) is 0.312. The zero-order chi connectivity index (χ0) is 14.7. The van der Waals surface area contributed by atoms with Crippen molar-refractivity contribution >= 4 is 23.3 Å². The number of morpholine rings is 1. The monoisotopic (exact) mass is 301 g/mol. The minimum atomic E-state index is 0.564. The van der Waals surface area contributed by atoms with Crippen molar-refractivity contribution in [3.05, 3.63) is 36.4 Å². The number of nitrogens with two attached hydrogens (primary N) is 1. The fourth-order valence-corrected chi connectivity index (χ4v) is 2.92. The number of benzene rings is 1. The summed E-state index contributed by atoms with van der Waals surface area (Å²) in [5, 5.41) is 0. The Labute approximate surface area is 129 Å². The van der Waals surface area contributed by atoms with Crippen LogP contribution in [0.15, 0.2) is 41.3 Å². The maximum Gasteiger partial charge on any atom is 0.125 e. The molecule has 110 valence electrons. The average molecular weight is 301 g/mol. The fourth-order valence-electron chi connectivity index (χ4n) is 2.46. The molecule has 0 atom stereocenters. The smallest absolute Gasteiger partial charge is 0.125 e. The molecule has 1 fully saturated rings. The van der Waals surface area contributed by atoms with E-state index in [2.05, 4.69) is 40.2 Å². The highest BCUT2D eigenvalue weighted by molar-refractivity contribution is 7.98. The second-order valence-electron chi connectivity index (χ2n) is 4.96. The van der Waals surface area contributed by atoms with Crippen molar-refractivity contribution in [1.82, 2.24) is 4.98 Å². The number of anilines is 2. The molecule has 3 rings (SSSR count). The highest BCUT2D eigenvalue weighted by atomic mass is 32.2. The van der Waals surface area contributed by atoms with Gasteiger partial charge in [0, 0.05) is 29.2 Å². The number of thioether (sulfide) groups is 1. The molecule has 0 amide bonds. The Balaban J connectivity index is 1.85. The molecule has 0 saturated carbocycles. The second kappa shape index (κ2) is 6.37. The van der Waals surface area contributed by atoms with Gasteiger partial charge in [0.05, 0.1) is 18.9 Å². The lowest BCUT2D eigenvalue weighted by molar-refractivity contribution is 0.122. The van der Waals surface area contributed by atoms with E-state index in [0.717, 1.165) is 42.5 Å². The number of aromatic nitrogens is 1. The third kappa shape index (κ3) is 3.31.